The van der Waals surface area contributed by atoms with E-state index < -0.39 is 0 Å². The number of H-pyrrole nitrogens is 1. The third-order valence-electron chi connectivity index (χ3n) is 3.52. The molecule has 0 aliphatic rings. The summed E-state index contributed by atoms with van der Waals surface area (Å²) < 4.78 is 0. The molecule has 1 N–H and O–H groups in total. The van der Waals surface area contributed by atoms with E-state index in [0.717, 1.165) is 22.2 Å². The molecule has 2 aromatic carbocycles. The average Bonchev–Trinajstić information content (AvgIpc) is 2.94. The first kappa shape index (κ1) is 12.5. The van der Waals surface area contributed by atoms with Gasteiger partial charge in [-0.3, -0.25) is 4.79 Å². The minimum absolute atomic E-state index is 0.000741. The lowest BCUT2D eigenvalue weighted by Gasteiger charge is -2.18. The van der Waals surface area contributed by atoms with Crippen LogP contribution >= 0.6 is 0 Å². The van der Waals surface area contributed by atoms with Crippen LogP contribution in [0.1, 0.15) is 15.9 Å². The summed E-state index contributed by atoms with van der Waals surface area (Å²) >= 11 is 0. The van der Waals surface area contributed by atoms with Crippen molar-refractivity contribution in [3.8, 4) is 0 Å². The van der Waals surface area contributed by atoms with E-state index in [4.69, 9.17) is 0 Å². The summed E-state index contributed by atoms with van der Waals surface area (Å²) in [7, 11) is 1.81. The number of benzene rings is 2. The SMILES string of the molecule is Cc1cccc(N(C)C(=O)c2cccc3[nH]ccc23)c1. The predicted molar refractivity (Wildman–Crippen MR) is 82.2 cm³/mol. The number of amides is 1. The monoisotopic (exact) mass is 264 g/mol. The van der Waals surface area contributed by atoms with Gasteiger partial charge in [0.25, 0.3) is 5.91 Å². The molecule has 0 fully saturated rings. The van der Waals surface area contributed by atoms with Gasteiger partial charge in [0.05, 0.1) is 0 Å². The Morgan fingerprint density at radius 1 is 1.10 bits per heavy atom. The number of hydrogen-bond donors (Lipinski definition) is 1. The van der Waals surface area contributed by atoms with Crippen molar-refractivity contribution in [3.63, 3.8) is 0 Å². The van der Waals surface area contributed by atoms with E-state index in [-0.39, 0.29) is 5.91 Å². The predicted octanol–water partition coefficient (Wildman–Crippen LogP) is 3.75. The van der Waals surface area contributed by atoms with Crippen LogP contribution in [-0.4, -0.2) is 17.9 Å². The molecule has 1 amide bonds. The summed E-state index contributed by atoms with van der Waals surface area (Å²) in [5, 5.41) is 0.956. The lowest BCUT2D eigenvalue weighted by Crippen LogP contribution is -2.26. The van der Waals surface area contributed by atoms with Gasteiger partial charge in [-0.25, -0.2) is 0 Å². The zero-order valence-corrected chi connectivity index (χ0v) is 11.6. The number of anilines is 1. The van der Waals surface area contributed by atoms with Crippen LogP contribution in [-0.2, 0) is 0 Å². The Hall–Kier alpha value is -2.55. The van der Waals surface area contributed by atoms with E-state index in [1.165, 1.54) is 0 Å². The number of aromatic nitrogens is 1. The molecule has 3 nitrogen and oxygen atoms in total. The summed E-state index contributed by atoms with van der Waals surface area (Å²) in [6, 6.07) is 15.6. The van der Waals surface area contributed by atoms with E-state index in [1.807, 2.05) is 68.7 Å². The highest BCUT2D eigenvalue weighted by atomic mass is 16.2. The Kier molecular flexibility index (Phi) is 3.03. The molecule has 0 aliphatic carbocycles. The zero-order chi connectivity index (χ0) is 14.1. The van der Waals surface area contributed by atoms with Crippen molar-refractivity contribution in [1.82, 2.24) is 4.98 Å². The first-order chi connectivity index (χ1) is 9.66. The maximum absolute atomic E-state index is 12.7. The van der Waals surface area contributed by atoms with E-state index in [9.17, 15) is 4.79 Å². The number of carbonyl (C=O) groups is 1. The molecule has 3 aromatic rings. The van der Waals surface area contributed by atoms with Crippen LogP contribution < -0.4 is 4.90 Å². The van der Waals surface area contributed by atoms with Crippen LogP contribution in [0.4, 0.5) is 5.69 Å². The highest BCUT2D eigenvalue weighted by Gasteiger charge is 2.16. The van der Waals surface area contributed by atoms with Crippen LogP contribution in [0.5, 0.6) is 0 Å². The van der Waals surface area contributed by atoms with Crippen molar-refractivity contribution in [2.45, 2.75) is 6.92 Å². The van der Waals surface area contributed by atoms with Gasteiger partial charge in [-0.15, -0.1) is 0 Å². The number of hydrogen-bond acceptors (Lipinski definition) is 1. The van der Waals surface area contributed by atoms with Crippen molar-refractivity contribution in [1.29, 1.82) is 0 Å². The molecule has 20 heavy (non-hydrogen) atoms. The van der Waals surface area contributed by atoms with Crippen molar-refractivity contribution >= 4 is 22.5 Å². The largest absolute Gasteiger partial charge is 0.361 e. The number of fused-ring (bicyclic) bond motifs is 1. The van der Waals surface area contributed by atoms with Gasteiger partial charge in [-0.05, 0) is 42.8 Å². The average molecular weight is 264 g/mol. The molecule has 0 unspecified atom stereocenters. The van der Waals surface area contributed by atoms with Gasteiger partial charge in [0.1, 0.15) is 0 Å². The highest BCUT2D eigenvalue weighted by molar-refractivity contribution is 6.13. The van der Waals surface area contributed by atoms with Crippen molar-refractivity contribution < 1.29 is 4.79 Å². The molecule has 0 bridgehead atoms. The molecule has 0 saturated carbocycles. The van der Waals surface area contributed by atoms with Gasteiger partial charge >= 0.3 is 0 Å². The van der Waals surface area contributed by atoms with Gasteiger partial charge in [0.2, 0.25) is 0 Å². The summed E-state index contributed by atoms with van der Waals surface area (Å²) in [6.07, 6.45) is 1.86. The Labute approximate surface area is 117 Å². The Morgan fingerprint density at radius 2 is 1.90 bits per heavy atom. The summed E-state index contributed by atoms with van der Waals surface area (Å²) in [4.78, 5) is 17.5. The van der Waals surface area contributed by atoms with Crippen LogP contribution in [0.3, 0.4) is 0 Å². The maximum Gasteiger partial charge on any atom is 0.258 e. The van der Waals surface area contributed by atoms with Crippen LogP contribution in [0.2, 0.25) is 0 Å². The molecule has 100 valence electrons. The molecule has 3 rings (SSSR count). The minimum Gasteiger partial charge on any atom is -0.361 e. The third-order valence-corrected chi connectivity index (χ3v) is 3.52. The fourth-order valence-electron chi connectivity index (χ4n) is 2.41. The van der Waals surface area contributed by atoms with Crippen LogP contribution in [0, 0.1) is 6.92 Å². The number of aromatic amines is 1. The topological polar surface area (TPSA) is 36.1 Å². The molecular formula is C17H16N2O. The van der Waals surface area contributed by atoms with E-state index in [2.05, 4.69) is 4.98 Å². The molecule has 1 heterocycles. The number of rotatable bonds is 2. The molecular weight excluding hydrogens is 248 g/mol. The number of nitrogens with zero attached hydrogens (tertiary/aromatic N) is 1. The van der Waals surface area contributed by atoms with Crippen molar-refractivity contribution in [3.05, 3.63) is 65.9 Å². The lowest BCUT2D eigenvalue weighted by molar-refractivity contribution is 0.0994. The number of aryl methyl sites for hydroxylation is 1. The van der Waals surface area contributed by atoms with Gasteiger partial charge in [0.15, 0.2) is 0 Å². The van der Waals surface area contributed by atoms with Crippen LogP contribution in [0.25, 0.3) is 10.9 Å². The van der Waals surface area contributed by atoms with Gasteiger partial charge < -0.3 is 9.88 Å². The molecule has 0 spiro atoms. The lowest BCUT2D eigenvalue weighted by atomic mass is 10.1. The van der Waals surface area contributed by atoms with E-state index in [0.29, 0.717) is 5.56 Å². The molecule has 0 aliphatic heterocycles. The summed E-state index contributed by atoms with van der Waals surface area (Å²) in [5.41, 5.74) is 3.74. The third kappa shape index (κ3) is 2.07. The highest BCUT2D eigenvalue weighted by Crippen LogP contribution is 2.22. The second kappa shape index (κ2) is 4.85. The molecule has 0 saturated heterocycles. The van der Waals surface area contributed by atoms with Gasteiger partial charge in [-0.2, -0.15) is 0 Å². The fraction of sp³-hybridized carbons (Fsp3) is 0.118. The van der Waals surface area contributed by atoms with Crippen molar-refractivity contribution in [2.75, 3.05) is 11.9 Å². The first-order valence-electron chi connectivity index (χ1n) is 6.57. The Bertz CT molecular complexity index is 773. The van der Waals surface area contributed by atoms with Gasteiger partial charge in [0, 0.05) is 35.4 Å². The standard InChI is InChI=1S/C17H16N2O/c1-12-5-3-6-13(11-12)19(2)17(20)15-7-4-8-16-14(15)9-10-18-16/h3-11,18H,1-2H3. The maximum atomic E-state index is 12.7. The second-order valence-electron chi connectivity index (χ2n) is 4.95. The Balaban J connectivity index is 2.02. The summed E-state index contributed by atoms with van der Waals surface area (Å²) in [5.74, 6) is 0.000741. The molecule has 0 atom stereocenters. The van der Waals surface area contributed by atoms with Crippen molar-refractivity contribution in [2.24, 2.45) is 0 Å². The molecule has 0 radical (unpaired) electrons. The second-order valence-corrected chi connectivity index (χ2v) is 4.95. The van der Waals surface area contributed by atoms with E-state index in [1.54, 1.807) is 4.90 Å². The first-order valence-corrected chi connectivity index (χ1v) is 6.57. The fourth-order valence-corrected chi connectivity index (χ4v) is 2.41. The molecule has 1 aromatic heterocycles. The number of nitrogens with one attached hydrogen (secondary N) is 1. The molecule has 3 heteroatoms. The smallest absolute Gasteiger partial charge is 0.258 e. The minimum atomic E-state index is 0.000741. The quantitative estimate of drug-likeness (QED) is 0.751. The summed E-state index contributed by atoms with van der Waals surface area (Å²) in [6.45, 7) is 2.02. The zero-order valence-electron chi connectivity index (χ0n) is 11.6. The van der Waals surface area contributed by atoms with E-state index >= 15 is 0 Å². The van der Waals surface area contributed by atoms with Crippen LogP contribution in [0.15, 0.2) is 54.7 Å². The Morgan fingerprint density at radius 3 is 2.70 bits per heavy atom. The normalized spacial score (nSPS) is 10.7. The van der Waals surface area contributed by atoms with Gasteiger partial charge in [-0.1, -0.05) is 18.2 Å². The number of carbonyl (C=O) groups excluding carboxylic acids is 1.